The Labute approximate surface area is 124 Å². The molecule has 0 aliphatic heterocycles. The molecule has 0 rings (SSSR count). The number of amides is 2. The van der Waals surface area contributed by atoms with Gasteiger partial charge in [0.2, 0.25) is 0 Å². The van der Waals surface area contributed by atoms with E-state index >= 15 is 0 Å². The highest BCUT2D eigenvalue weighted by molar-refractivity contribution is 6.26. The quantitative estimate of drug-likeness (QED) is 0.295. The summed E-state index contributed by atoms with van der Waals surface area (Å²) in [5, 5.41) is 5.03. The van der Waals surface area contributed by atoms with Crippen molar-refractivity contribution >= 4 is 41.2 Å². The van der Waals surface area contributed by atoms with Crippen LogP contribution >= 0.6 is 23.2 Å². The lowest BCUT2D eigenvalue weighted by molar-refractivity contribution is -0.148. The van der Waals surface area contributed by atoms with Crippen LogP contribution in [-0.2, 0) is 19.1 Å². The molecule has 0 aromatic rings. The van der Waals surface area contributed by atoms with Crippen LogP contribution in [0.5, 0.6) is 0 Å². The number of methoxy groups -OCH3 is 1. The third-order valence-corrected chi connectivity index (χ3v) is 2.32. The molecule has 114 valence electrons. The highest BCUT2D eigenvalue weighted by Gasteiger charge is 2.26. The summed E-state index contributed by atoms with van der Waals surface area (Å²) in [6, 6.07) is -2.27. The Balaban J connectivity index is 4.63. The maximum atomic E-state index is 11.6. The van der Waals surface area contributed by atoms with Crippen LogP contribution in [0.15, 0.2) is 5.29 Å². The van der Waals surface area contributed by atoms with Crippen molar-refractivity contribution in [2.45, 2.75) is 6.04 Å². The number of ether oxygens (including phenoxy) is 2. The van der Waals surface area contributed by atoms with Crippen LogP contribution in [0.25, 0.3) is 0 Å². The first kappa shape index (κ1) is 18.4. The fraction of sp³-hybridized carbons (Fsp3) is 0.667. The second-order valence-corrected chi connectivity index (χ2v) is 3.88. The van der Waals surface area contributed by atoms with Crippen molar-refractivity contribution in [2.75, 3.05) is 32.0 Å². The number of rotatable bonds is 8. The molecule has 0 aromatic carbocycles. The summed E-state index contributed by atoms with van der Waals surface area (Å²) >= 11 is 10.6. The minimum Gasteiger partial charge on any atom is -0.467 e. The third kappa shape index (κ3) is 6.53. The van der Waals surface area contributed by atoms with Crippen LogP contribution in [0.4, 0.5) is 4.79 Å². The van der Waals surface area contributed by atoms with Crippen molar-refractivity contribution in [1.29, 1.82) is 0 Å². The number of carbonyl (C=O) groups is 3. The van der Waals surface area contributed by atoms with Gasteiger partial charge in [-0.1, -0.05) is 0 Å². The molecule has 0 aliphatic carbocycles. The van der Waals surface area contributed by atoms with E-state index in [1.807, 2.05) is 0 Å². The predicted octanol–water partition coefficient (Wildman–Crippen LogP) is 0.242. The summed E-state index contributed by atoms with van der Waals surface area (Å²) in [6.07, 6.45) is 0. The second-order valence-electron chi connectivity index (χ2n) is 3.24. The number of halogens is 2. The van der Waals surface area contributed by atoms with E-state index in [9.17, 15) is 19.3 Å². The van der Waals surface area contributed by atoms with Crippen molar-refractivity contribution in [3.63, 3.8) is 0 Å². The number of hydrogen-bond donors (Lipinski definition) is 1. The van der Waals surface area contributed by atoms with Crippen molar-refractivity contribution in [3.8, 4) is 0 Å². The number of hydrogen-bond acceptors (Lipinski definition) is 7. The van der Waals surface area contributed by atoms with Gasteiger partial charge in [-0.15, -0.1) is 28.1 Å². The van der Waals surface area contributed by atoms with Crippen LogP contribution in [-0.4, -0.2) is 61.0 Å². The zero-order valence-corrected chi connectivity index (χ0v) is 12.0. The van der Waals surface area contributed by atoms with Crippen LogP contribution < -0.4 is 5.32 Å². The van der Waals surface area contributed by atoms with E-state index < -0.39 is 36.5 Å². The molecule has 0 aromatic heterocycles. The molecule has 0 heterocycles. The normalized spacial score (nSPS) is 11.2. The van der Waals surface area contributed by atoms with Gasteiger partial charge in [0.15, 0.2) is 6.04 Å². The van der Waals surface area contributed by atoms with Gasteiger partial charge >= 0.3 is 18.0 Å². The number of nitrogens with one attached hydrogen (secondary N) is 1. The maximum absolute atomic E-state index is 11.6. The molecule has 0 spiro atoms. The van der Waals surface area contributed by atoms with Gasteiger partial charge in [0.1, 0.15) is 12.5 Å². The van der Waals surface area contributed by atoms with E-state index in [-0.39, 0.29) is 12.4 Å². The summed E-state index contributed by atoms with van der Waals surface area (Å²) in [5.41, 5.74) is 0. The molecule has 9 nitrogen and oxygen atoms in total. The van der Waals surface area contributed by atoms with E-state index in [0.29, 0.717) is 5.01 Å². The van der Waals surface area contributed by atoms with Crippen LogP contribution in [0.1, 0.15) is 0 Å². The predicted molar refractivity (Wildman–Crippen MR) is 69.2 cm³/mol. The van der Waals surface area contributed by atoms with Crippen LogP contribution in [0.3, 0.4) is 0 Å². The molecule has 20 heavy (non-hydrogen) atoms. The van der Waals surface area contributed by atoms with Gasteiger partial charge in [-0.2, -0.15) is 5.01 Å². The zero-order chi connectivity index (χ0) is 15.5. The molecule has 0 aliphatic rings. The van der Waals surface area contributed by atoms with E-state index in [4.69, 9.17) is 23.2 Å². The summed E-state index contributed by atoms with van der Waals surface area (Å²) in [5.74, 6) is -2.07. The fourth-order valence-electron chi connectivity index (χ4n) is 1.01. The third-order valence-electron chi connectivity index (χ3n) is 1.93. The minimum atomic E-state index is -1.29. The number of esters is 2. The monoisotopic (exact) mass is 329 g/mol. The van der Waals surface area contributed by atoms with Gasteiger partial charge < -0.3 is 14.8 Å². The van der Waals surface area contributed by atoms with Gasteiger partial charge in [-0.3, -0.25) is 4.79 Å². The molecule has 0 fully saturated rings. The van der Waals surface area contributed by atoms with Crippen molar-refractivity contribution in [1.82, 2.24) is 10.3 Å². The summed E-state index contributed by atoms with van der Waals surface area (Å²) in [6.45, 7) is -0.635. The molecule has 0 saturated heterocycles. The molecule has 1 atom stereocenters. The highest BCUT2D eigenvalue weighted by Crippen LogP contribution is 1.97. The van der Waals surface area contributed by atoms with E-state index in [0.717, 1.165) is 7.11 Å². The number of urea groups is 1. The van der Waals surface area contributed by atoms with Gasteiger partial charge in [0.25, 0.3) is 0 Å². The molecule has 2 amide bonds. The molecular formula is C9H13Cl2N3O6. The van der Waals surface area contributed by atoms with Gasteiger partial charge in [0, 0.05) is 5.88 Å². The molecule has 0 saturated carbocycles. The Morgan fingerprint density at radius 1 is 1.35 bits per heavy atom. The lowest BCUT2D eigenvalue weighted by atomic mass is 10.3. The molecule has 11 heteroatoms. The summed E-state index contributed by atoms with van der Waals surface area (Å²) in [7, 11) is 1.08. The van der Waals surface area contributed by atoms with Gasteiger partial charge in [0.05, 0.1) is 18.9 Å². The molecule has 1 N–H and O–H groups in total. The Morgan fingerprint density at radius 3 is 2.45 bits per heavy atom. The molecule has 0 radical (unpaired) electrons. The first-order valence-corrected chi connectivity index (χ1v) is 6.33. The Bertz CT molecular complexity index is 368. The molecular weight excluding hydrogens is 317 g/mol. The first-order valence-electron chi connectivity index (χ1n) is 5.26. The second kappa shape index (κ2) is 10.2. The van der Waals surface area contributed by atoms with Crippen molar-refractivity contribution in [2.24, 2.45) is 5.29 Å². The standard InChI is InChI=1S/C9H13Cl2N3O6/c1-19-8(16)6(5-20-7(15)4-11)12-9(17)14(13-18)3-2-10/h6H,2-5H2,1H3,(H,12,17)/t6-/m0/s1. The lowest BCUT2D eigenvalue weighted by Gasteiger charge is -2.19. The number of alkyl halides is 2. The molecule has 0 bridgehead atoms. The maximum Gasteiger partial charge on any atom is 0.341 e. The summed E-state index contributed by atoms with van der Waals surface area (Å²) < 4.78 is 9.03. The molecule has 0 unspecified atom stereocenters. The van der Waals surface area contributed by atoms with E-state index in [1.165, 1.54) is 0 Å². The van der Waals surface area contributed by atoms with E-state index in [2.05, 4.69) is 20.1 Å². The SMILES string of the molecule is COC(=O)[C@H](COC(=O)CCl)NC(=O)N(CCCl)N=O. The lowest BCUT2D eigenvalue weighted by Crippen LogP contribution is -2.49. The summed E-state index contributed by atoms with van der Waals surface area (Å²) in [4.78, 5) is 44.3. The van der Waals surface area contributed by atoms with Crippen LogP contribution in [0, 0.1) is 4.91 Å². The van der Waals surface area contributed by atoms with E-state index in [1.54, 1.807) is 0 Å². The number of nitrogens with zero attached hydrogens (tertiary/aromatic N) is 2. The Hall–Kier alpha value is -1.61. The van der Waals surface area contributed by atoms with Crippen molar-refractivity contribution < 1.29 is 23.9 Å². The Kier molecular flexibility index (Phi) is 9.39. The fourth-order valence-corrected chi connectivity index (χ4v) is 1.25. The highest BCUT2D eigenvalue weighted by atomic mass is 35.5. The number of carbonyl (C=O) groups excluding carboxylic acids is 3. The van der Waals surface area contributed by atoms with Crippen molar-refractivity contribution in [3.05, 3.63) is 4.91 Å². The average Bonchev–Trinajstić information content (AvgIpc) is 2.47. The van der Waals surface area contributed by atoms with Gasteiger partial charge in [-0.25, -0.2) is 9.59 Å². The first-order chi connectivity index (χ1) is 9.49. The van der Waals surface area contributed by atoms with Crippen LogP contribution in [0.2, 0.25) is 0 Å². The topological polar surface area (TPSA) is 114 Å². The zero-order valence-electron chi connectivity index (χ0n) is 10.5. The smallest absolute Gasteiger partial charge is 0.341 e. The average molecular weight is 330 g/mol. The van der Waals surface area contributed by atoms with Gasteiger partial charge in [-0.05, 0) is 0 Å². The largest absolute Gasteiger partial charge is 0.467 e. The minimum absolute atomic E-state index is 0.0245. The Morgan fingerprint density at radius 2 is 2.00 bits per heavy atom. The number of nitroso groups, excluding NO2 is 1.